The molecule has 1 aliphatic heterocycles. The van der Waals surface area contributed by atoms with Gasteiger partial charge in [0.2, 0.25) is 0 Å². The summed E-state index contributed by atoms with van der Waals surface area (Å²) in [6.07, 6.45) is 14.1. The summed E-state index contributed by atoms with van der Waals surface area (Å²) in [4.78, 5) is 0. The quantitative estimate of drug-likeness (QED) is 0.166. The molecule has 256 valence electrons. The number of para-hydroxylation sites is 1. The Morgan fingerprint density at radius 2 is 0.945 bits per heavy atom. The minimum absolute atomic E-state index is 0.288. The van der Waals surface area contributed by atoms with E-state index in [9.17, 15) is 0 Å². The molecule has 7 aromatic rings. The second kappa shape index (κ2) is 10.5. The van der Waals surface area contributed by atoms with Crippen molar-refractivity contribution in [2.24, 2.45) is 11.8 Å². The van der Waals surface area contributed by atoms with Crippen molar-refractivity contribution in [3.63, 3.8) is 0 Å². The van der Waals surface area contributed by atoms with Crippen LogP contribution in [0.5, 0.6) is 11.5 Å². The van der Waals surface area contributed by atoms with Crippen molar-refractivity contribution in [3.05, 3.63) is 244 Å². The predicted octanol–water partition coefficient (Wildman–Crippen LogP) is 12.8. The average Bonchev–Trinajstić information content (AvgIpc) is 3.72. The van der Waals surface area contributed by atoms with Crippen LogP contribution in [0.1, 0.15) is 44.5 Å². The Morgan fingerprint density at radius 3 is 1.69 bits per heavy atom. The van der Waals surface area contributed by atoms with Gasteiger partial charge in [0.25, 0.3) is 0 Å². The molecule has 0 amide bonds. The first kappa shape index (κ1) is 29.7. The first-order valence-corrected chi connectivity index (χ1v) is 19.5. The molecule has 2 spiro atoms. The Bertz CT molecular complexity index is 2940. The lowest BCUT2D eigenvalue weighted by molar-refractivity contribution is 0.436. The van der Waals surface area contributed by atoms with Gasteiger partial charge in [0.15, 0.2) is 0 Å². The van der Waals surface area contributed by atoms with Gasteiger partial charge in [0, 0.05) is 23.0 Å². The van der Waals surface area contributed by atoms with Crippen LogP contribution in [0, 0.1) is 11.8 Å². The van der Waals surface area contributed by atoms with E-state index in [0.29, 0.717) is 5.92 Å². The van der Waals surface area contributed by atoms with Crippen LogP contribution in [0.15, 0.2) is 200 Å². The molecule has 6 aliphatic rings. The number of hydrogen-bond acceptors (Lipinski definition) is 1. The monoisotopic (exact) mass is 698 g/mol. The van der Waals surface area contributed by atoms with Gasteiger partial charge in [-0.05, 0) is 96.1 Å². The van der Waals surface area contributed by atoms with Gasteiger partial charge in [-0.1, -0.05) is 176 Å². The summed E-state index contributed by atoms with van der Waals surface area (Å²) in [5.41, 5.74) is 20.2. The second-order valence-electron chi connectivity index (χ2n) is 15.8. The van der Waals surface area contributed by atoms with E-state index in [1.807, 2.05) is 0 Å². The van der Waals surface area contributed by atoms with Crippen LogP contribution < -0.4 is 4.74 Å². The van der Waals surface area contributed by atoms with Crippen molar-refractivity contribution in [1.29, 1.82) is 0 Å². The molecule has 1 heterocycles. The molecule has 3 unspecified atom stereocenters. The molecule has 3 atom stereocenters. The number of allylic oxidation sites excluding steroid dienone is 8. The van der Waals surface area contributed by atoms with Gasteiger partial charge in [-0.3, -0.25) is 0 Å². The van der Waals surface area contributed by atoms with E-state index in [1.165, 1.54) is 89.0 Å². The lowest BCUT2D eigenvalue weighted by Crippen LogP contribution is -2.41. The van der Waals surface area contributed by atoms with Crippen LogP contribution >= 0.6 is 0 Å². The number of benzene rings is 7. The molecule has 0 saturated heterocycles. The number of fused-ring (bicyclic) bond motifs is 18. The minimum Gasteiger partial charge on any atom is -0.457 e. The number of rotatable bonds is 1. The smallest absolute Gasteiger partial charge is 0.132 e. The Kier molecular flexibility index (Phi) is 5.67. The summed E-state index contributed by atoms with van der Waals surface area (Å²) in [6.45, 7) is 0. The van der Waals surface area contributed by atoms with Gasteiger partial charge in [-0.2, -0.15) is 0 Å². The molecular weight excluding hydrogens is 665 g/mol. The third-order valence-electron chi connectivity index (χ3n) is 13.6. The molecule has 55 heavy (non-hydrogen) atoms. The topological polar surface area (TPSA) is 9.23 Å². The molecule has 13 rings (SSSR count). The molecule has 0 fully saturated rings. The summed E-state index contributed by atoms with van der Waals surface area (Å²) in [7, 11) is 0. The third-order valence-corrected chi connectivity index (χ3v) is 13.6. The summed E-state index contributed by atoms with van der Waals surface area (Å²) in [5.74, 6) is 2.45. The zero-order valence-corrected chi connectivity index (χ0v) is 30.0. The van der Waals surface area contributed by atoms with Gasteiger partial charge in [0.1, 0.15) is 11.5 Å². The van der Waals surface area contributed by atoms with Crippen molar-refractivity contribution in [2.75, 3.05) is 0 Å². The fourth-order valence-electron chi connectivity index (χ4n) is 11.7. The van der Waals surface area contributed by atoms with Crippen molar-refractivity contribution in [3.8, 4) is 44.9 Å². The SMILES string of the molecule is C1=CC2C=CC=C3C2C(=C1)c1ccccc1C31c2ccccc2-c2c(-c3ccc4c(c3)C3(c5ccccc5O4)c4ccccc4-c4ccccc43)cccc21. The number of hydrogen-bond donors (Lipinski definition) is 0. The van der Waals surface area contributed by atoms with Gasteiger partial charge in [0.05, 0.1) is 10.8 Å². The molecule has 0 bridgehead atoms. The molecule has 7 aromatic carbocycles. The Balaban J connectivity index is 1.11. The summed E-state index contributed by atoms with van der Waals surface area (Å²) >= 11 is 0. The summed E-state index contributed by atoms with van der Waals surface area (Å²) in [5, 5.41) is 0. The predicted molar refractivity (Wildman–Crippen MR) is 222 cm³/mol. The largest absolute Gasteiger partial charge is 0.457 e. The van der Waals surface area contributed by atoms with E-state index in [4.69, 9.17) is 4.74 Å². The van der Waals surface area contributed by atoms with Crippen LogP contribution in [0.2, 0.25) is 0 Å². The van der Waals surface area contributed by atoms with Crippen LogP contribution in [0.4, 0.5) is 0 Å². The van der Waals surface area contributed by atoms with E-state index in [2.05, 4.69) is 194 Å². The maximum atomic E-state index is 6.83. The highest BCUT2D eigenvalue weighted by Crippen LogP contribution is 2.67. The van der Waals surface area contributed by atoms with Gasteiger partial charge in [-0.15, -0.1) is 0 Å². The first-order valence-electron chi connectivity index (χ1n) is 19.5. The van der Waals surface area contributed by atoms with Crippen LogP contribution in [0.3, 0.4) is 0 Å². The third kappa shape index (κ3) is 3.47. The Morgan fingerprint density at radius 1 is 0.400 bits per heavy atom. The van der Waals surface area contributed by atoms with Crippen LogP contribution in [-0.2, 0) is 10.8 Å². The molecule has 0 aromatic heterocycles. The lowest BCUT2D eigenvalue weighted by atomic mass is 9.53. The highest BCUT2D eigenvalue weighted by Gasteiger charge is 2.56. The average molecular weight is 699 g/mol. The molecule has 0 radical (unpaired) electrons. The van der Waals surface area contributed by atoms with E-state index in [1.54, 1.807) is 0 Å². The highest BCUT2D eigenvalue weighted by molar-refractivity contribution is 5.99. The van der Waals surface area contributed by atoms with Crippen molar-refractivity contribution in [1.82, 2.24) is 0 Å². The van der Waals surface area contributed by atoms with Crippen molar-refractivity contribution < 1.29 is 4.74 Å². The zero-order valence-electron chi connectivity index (χ0n) is 30.0. The van der Waals surface area contributed by atoms with E-state index < -0.39 is 10.8 Å². The summed E-state index contributed by atoms with van der Waals surface area (Å²) < 4.78 is 6.83. The highest BCUT2D eigenvalue weighted by atomic mass is 16.5. The molecule has 0 saturated carbocycles. The van der Waals surface area contributed by atoms with Gasteiger partial charge < -0.3 is 4.74 Å². The molecule has 0 N–H and O–H groups in total. The Hall–Kier alpha value is -6.70. The minimum atomic E-state index is -0.516. The molecule has 5 aliphatic carbocycles. The molecular formula is C54H34O. The lowest BCUT2D eigenvalue weighted by Gasteiger charge is -2.49. The van der Waals surface area contributed by atoms with E-state index in [0.717, 1.165) is 11.5 Å². The molecule has 1 heteroatoms. The van der Waals surface area contributed by atoms with Crippen molar-refractivity contribution >= 4 is 5.57 Å². The molecule has 1 nitrogen and oxygen atoms in total. The van der Waals surface area contributed by atoms with E-state index >= 15 is 0 Å². The maximum Gasteiger partial charge on any atom is 0.132 e. The van der Waals surface area contributed by atoms with Crippen LogP contribution in [0.25, 0.3) is 39.0 Å². The first-order chi connectivity index (χ1) is 27.3. The normalized spacial score (nSPS) is 21.5. The second-order valence-corrected chi connectivity index (χ2v) is 15.8. The zero-order chi connectivity index (χ0) is 35.9. The standard InChI is InChI=1S/C54H34O/c1-5-22-41-36(16-1)37-17-2-6-23-42(37)53(41)45-26-9-10-29-49(45)55-50-31-30-34(32-48(50)53)35-20-13-28-47-52(35)40-19-4-8-25-44(40)54(47)43-24-7-3-18-38(43)39-21-11-14-33-15-12-27-46(54)51(33)39/h1-33,51H. The van der Waals surface area contributed by atoms with Crippen LogP contribution in [-0.4, -0.2) is 0 Å². The fourth-order valence-corrected chi connectivity index (χ4v) is 11.7. The van der Waals surface area contributed by atoms with Gasteiger partial charge in [-0.25, -0.2) is 0 Å². The van der Waals surface area contributed by atoms with Crippen molar-refractivity contribution in [2.45, 2.75) is 10.8 Å². The summed E-state index contributed by atoms with van der Waals surface area (Å²) in [6, 6.07) is 59.1. The van der Waals surface area contributed by atoms with Gasteiger partial charge >= 0.3 is 0 Å². The maximum absolute atomic E-state index is 6.83. The number of ether oxygens (including phenoxy) is 1. The fraction of sp³-hybridized carbons (Fsp3) is 0.0741. The van der Waals surface area contributed by atoms with E-state index in [-0.39, 0.29) is 5.92 Å². The Labute approximate surface area is 320 Å².